The molecule has 0 aliphatic carbocycles. The number of hydrogen-bond acceptors (Lipinski definition) is 7. The van der Waals surface area contributed by atoms with Crippen molar-refractivity contribution < 1.29 is 28.6 Å². The van der Waals surface area contributed by atoms with Crippen molar-refractivity contribution in [2.75, 3.05) is 19.5 Å². The molecule has 24 heavy (non-hydrogen) atoms. The summed E-state index contributed by atoms with van der Waals surface area (Å²) in [4.78, 5) is 35.0. The van der Waals surface area contributed by atoms with Crippen molar-refractivity contribution in [1.82, 2.24) is 0 Å². The van der Waals surface area contributed by atoms with Gasteiger partial charge in [0.05, 0.1) is 5.92 Å². The minimum atomic E-state index is -0.789. The van der Waals surface area contributed by atoms with Crippen molar-refractivity contribution in [3.8, 4) is 0 Å². The van der Waals surface area contributed by atoms with Crippen LogP contribution in [0.1, 0.15) is 41.0 Å². The molecule has 0 aliphatic heterocycles. The summed E-state index contributed by atoms with van der Waals surface area (Å²) in [6.07, 6.45) is 1.52. The van der Waals surface area contributed by atoms with E-state index in [1.54, 1.807) is 13.2 Å². The highest BCUT2D eigenvalue weighted by atomic mass is 32.2. The molecule has 0 radical (unpaired) electrons. The molecule has 0 saturated carbocycles. The molecular formula is C16H29BO6S. The van der Waals surface area contributed by atoms with Crippen LogP contribution in [0.4, 0.5) is 9.59 Å². The summed E-state index contributed by atoms with van der Waals surface area (Å²) in [5.41, 5.74) is 0. The van der Waals surface area contributed by atoms with Gasteiger partial charge in [0.25, 0.3) is 7.28 Å². The van der Waals surface area contributed by atoms with Gasteiger partial charge in [0.1, 0.15) is 13.2 Å². The summed E-state index contributed by atoms with van der Waals surface area (Å²) in [5, 5.41) is -0.473. The molecule has 0 rings (SSSR count). The highest BCUT2D eigenvalue weighted by molar-refractivity contribution is 8.12. The first-order chi connectivity index (χ1) is 11.1. The van der Waals surface area contributed by atoms with Crippen LogP contribution in [-0.2, 0) is 19.0 Å². The Labute approximate surface area is 149 Å². The average Bonchev–Trinajstić information content (AvgIpc) is 2.47. The van der Waals surface area contributed by atoms with Gasteiger partial charge in [0.15, 0.2) is 6.10 Å². The van der Waals surface area contributed by atoms with E-state index in [4.69, 9.17) is 14.2 Å². The maximum Gasteiger partial charge on any atom is 0.367 e. The fraction of sp³-hybridized carbons (Fsp3) is 0.812. The first-order valence-electron chi connectivity index (χ1n) is 8.22. The molecule has 0 aromatic rings. The van der Waals surface area contributed by atoms with Crippen molar-refractivity contribution >= 4 is 36.2 Å². The van der Waals surface area contributed by atoms with Crippen molar-refractivity contribution in [1.29, 1.82) is 0 Å². The lowest BCUT2D eigenvalue weighted by Crippen LogP contribution is -2.33. The van der Waals surface area contributed by atoms with Gasteiger partial charge in [-0.25, -0.2) is 4.79 Å². The highest BCUT2D eigenvalue weighted by Crippen LogP contribution is 2.13. The lowest BCUT2D eigenvalue weighted by atomic mass is 9.67. The van der Waals surface area contributed by atoms with Gasteiger partial charge in [-0.15, -0.1) is 0 Å². The molecule has 0 saturated heterocycles. The molecule has 0 heterocycles. The molecule has 0 spiro atoms. The third-order valence-electron chi connectivity index (χ3n) is 3.07. The van der Waals surface area contributed by atoms with E-state index in [1.165, 1.54) is 0 Å². The minimum Gasteiger partial charge on any atom is -0.463 e. The Balaban J connectivity index is 4.54. The topological polar surface area (TPSA) is 78.9 Å². The van der Waals surface area contributed by atoms with E-state index in [-0.39, 0.29) is 38.2 Å². The van der Waals surface area contributed by atoms with Crippen LogP contribution in [0.3, 0.4) is 0 Å². The smallest absolute Gasteiger partial charge is 0.367 e. The van der Waals surface area contributed by atoms with Crippen LogP contribution in [0.5, 0.6) is 0 Å². The number of thioether (sulfide) groups is 1. The van der Waals surface area contributed by atoms with E-state index in [2.05, 4.69) is 0 Å². The van der Waals surface area contributed by atoms with Gasteiger partial charge in [-0.2, -0.15) is 0 Å². The molecule has 0 N–H and O–H groups in total. The van der Waals surface area contributed by atoms with Crippen LogP contribution in [0.15, 0.2) is 0 Å². The Bertz CT molecular complexity index is 413. The summed E-state index contributed by atoms with van der Waals surface area (Å²) in [6, 6.07) is 0. The van der Waals surface area contributed by atoms with Crippen molar-refractivity contribution in [3.05, 3.63) is 0 Å². The number of carbonyl (C=O) groups excluding carboxylic acids is 3. The monoisotopic (exact) mass is 360 g/mol. The quantitative estimate of drug-likeness (QED) is 0.335. The predicted octanol–water partition coefficient (Wildman–Crippen LogP) is 3.48. The molecule has 138 valence electrons. The van der Waals surface area contributed by atoms with E-state index in [0.29, 0.717) is 5.92 Å². The Morgan fingerprint density at radius 1 is 1.00 bits per heavy atom. The van der Waals surface area contributed by atoms with Crippen LogP contribution in [0.25, 0.3) is 0 Å². The predicted molar refractivity (Wildman–Crippen MR) is 97.0 cm³/mol. The molecule has 8 heteroatoms. The van der Waals surface area contributed by atoms with Gasteiger partial charge in [-0.1, -0.05) is 40.4 Å². The molecule has 2 unspecified atom stereocenters. The largest absolute Gasteiger partial charge is 0.463 e. The van der Waals surface area contributed by atoms with Gasteiger partial charge in [-0.3, -0.25) is 9.59 Å². The summed E-state index contributed by atoms with van der Waals surface area (Å²) in [6.45, 7) is 9.41. The third kappa shape index (κ3) is 11.4. The first kappa shape index (κ1) is 22.8. The standard InChI is InChI=1S/C16H29BO6S/c1-10(2)7-12(5)14(18)21-8-13(9-22-16(20)24-6)23-15(19)17-11(3)4/h10-13,17H,7-9H2,1-6H3. The molecule has 2 atom stereocenters. The van der Waals surface area contributed by atoms with Gasteiger partial charge in [0, 0.05) is 0 Å². The summed E-state index contributed by atoms with van der Waals surface area (Å²) in [5.74, 6) is -0.438. The second kappa shape index (κ2) is 12.2. The third-order valence-corrected chi connectivity index (χ3v) is 3.52. The molecule has 0 aromatic heterocycles. The molecule has 0 aromatic carbocycles. The summed E-state index contributed by atoms with van der Waals surface area (Å²) < 4.78 is 15.5. The fourth-order valence-corrected chi connectivity index (χ4v) is 2.21. The molecule has 0 aliphatic rings. The number of carbonyl (C=O) groups is 3. The second-order valence-electron chi connectivity index (χ2n) is 6.64. The molecule has 6 nitrogen and oxygen atoms in total. The molecule has 0 bridgehead atoms. The maximum atomic E-state index is 12.0. The van der Waals surface area contributed by atoms with Crippen LogP contribution in [0.2, 0.25) is 5.82 Å². The van der Waals surface area contributed by atoms with Crippen LogP contribution < -0.4 is 0 Å². The SMILES string of the molecule is CSC(=O)OCC(COC(=O)C(C)CC(C)C)OC(=O)BC(C)C. The number of hydrogen-bond donors (Lipinski definition) is 0. The summed E-state index contributed by atoms with van der Waals surface area (Å²) in [7, 11) is 0.255. The second-order valence-corrected chi connectivity index (χ2v) is 7.38. The normalized spacial score (nSPS) is 13.3. The van der Waals surface area contributed by atoms with Crippen LogP contribution >= 0.6 is 11.8 Å². The minimum absolute atomic E-state index is 0.118. The zero-order valence-corrected chi connectivity index (χ0v) is 16.3. The van der Waals surface area contributed by atoms with Gasteiger partial charge in [-0.05, 0) is 30.4 Å². The van der Waals surface area contributed by atoms with E-state index in [1.807, 2.05) is 27.7 Å². The Kier molecular flexibility index (Phi) is 11.6. The summed E-state index contributed by atoms with van der Waals surface area (Å²) >= 11 is 0.923. The Morgan fingerprint density at radius 3 is 2.08 bits per heavy atom. The number of esters is 1. The van der Waals surface area contributed by atoms with Crippen molar-refractivity contribution in [2.45, 2.75) is 53.0 Å². The highest BCUT2D eigenvalue weighted by Gasteiger charge is 2.22. The van der Waals surface area contributed by atoms with Crippen LogP contribution in [0, 0.1) is 11.8 Å². The van der Waals surface area contributed by atoms with Crippen LogP contribution in [-0.4, -0.2) is 50.0 Å². The van der Waals surface area contributed by atoms with E-state index < -0.39 is 17.3 Å². The fourth-order valence-electron chi connectivity index (χ4n) is 2.02. The number of ether oxygens (including phenoxy) is 3. The van der Waals surface area contributed by atoms with Gasteiger partial charge < -0.3 is 14.2 Å². The van der Waals surface area contributed by atoms with Crippen molar-refractivity contribution in [2.24, 2.45) is 11.8 Å². The van der Waals surface area contributed by atoms with E-state index in [0.717, 1.165) is 18.2 Å². The zero-order chi connectivity index (χ0) is 18.7. The van der Waals surface area contributed by atoms with E-state index >= 15 is 0 Å². The zero-order valence-electron chi connectivity index (χ0n) is 15.5. The average molecular weight is 360 g/mol. The van der Waals surface area contributed by atoms with Gasteiger partial charge >= 0.3 is 11.3 Å². The van der Waals surface area contributed by atoms with Crippen molar-refractivity contribution in [3.63, 3.8) is 0 Å². The van der Waals surface area contributed by atoms with Gasteiger partial charge in [0.2, 0.25) is 5.87 Å². The number of rotatable bonds is 10. The lowest BCUT2D eigenvalue weighted by Gasteiger charge is -2.20. The molecule has 0 amide bonds. The Morgan fingerprint density at radius 2 is 1.58 bits per heavy atom. The van der Waals surface area contributed by atoms with E-state index in [9.17, 15) is 14.4 Å². The first-order valence-corrected chi connectivity index (χ1v) is 9.45. The molecular weight excluding hydrogens is 331 g/mol. The Hall–Kier alpha value is -1.18. The molecule has 0 fully saturated rings. The maximum absolute atomic E-state index is 12.0. The lowest BCUT2D eigenvalue weighted by molar-refractivity contribution is -0.152.